The van der Waals surface area contributed by atoms with E-state index in [2.05, 4.69) is 10.6 Å². The fraction of sp³-hybridized carbons (Fsp3) is 0.344. The average Bonchev–Trinajstić information content (AvgIpc) is 3.31. The van der Waals surface area contributed by atoms with E-state index in [4.69, 9.17) is 16.3 Å². The molecule has 1 aliphatic rings. The molecule has 1 fully saturated rings. The van der Waals surface area contributed by atoms with E-state index in [1.165, 1.54) is 0 Å². The van der Waals surface area contributed by atoms with Crippen LogP contribution in [0, 0.1) is 13.8 Å². The Hall–Kier alpha value is -4.02. The number of nitrogens with one attached hydrogen (secondary N) is 2. The molecule has 0 spiro atoms. The first-order valence-corrected chi connectivity index (χ1v) is 14.2. The molecule has 3 aromatic carbocycles. The van der Waals surface area contributed by atoms with Gasteiger partial charge in [0.15, 0.2) is 12.7 Å². The first-order valence-electron chi connectivity index (χ1n) is 13.8. The lowest BCUT2D eigenvalue weighted by molar-refractivity contribution is -0.147. The number of aryl methyl sites for hydroxylation is 2. The van der Waals surface area contributed by atoms with E-state index in [1.54, 1.807) is 54.6 Å². The van der Waals surface area contributed by atoms with Crippen molar-refractivity contribution in [2.45, 2.75) is 57.3 Å². The third kappa shape index (κ3) is 8.30. The number of carbonyl (C=O) groups excluding carboxylic acids is 3. The molecule has 0 aliphatic carbocycles. The summed E-state index contributed by atoms with van der Waals surface area (Å²) in [5.41, 5.74) is 2.93. The number of ether oxygens (including phenoxy) is 1. The van der Waals surface area contributed by atoms with Crippen LogP contribution in [0.2, 0.25) is 5.02 Å². The van der Waals surface area contributed by atoms with Crippen LogP contribution >= 0.6 is 11.6 Å². The van der Waals surface area contributed by atoms with Crippen molar-refractivity contribution in [2.75, 3.05) is 13.2 Å². The maximum atomic E-state index is 14.6. The molecule has 0 aromatic heterocycles. The Bertz CT molecular complexity index is 1440. The number of nitrogens with zero attached hydrogens (tertiary/aromatic N) is 1. The topological polar surface area (TPSA) is 108 Å². The zero-order valence-corrected chi connectivity index (χ0v) is 24.6. The molecule has 3 amide bonds. The maximum absolute atomic E-state index is 14.6. The number of rotatable bonds is 11. The molecule has 3 aromatic rings. The summed E-state index contributed by atoms with van der Waals surface area (Å²) >= 11 is 6.14. The van der Waals surface area contributed by atoms with E-state index in [1.807, 2.05) is 32.0 Å². The molecule has 3 atom stereocenters. The molecule has 0 bridgehead atoms. The molecule has 228 valence electrons. The van der Waals surface area contributed by atoms with Crippen molar-refractivity contribution in [2.24, 2.45) is 0 Å². The van der Waals surface area contributed by atoms with Gasteiger partial charge in [-0.3, -0.25) is 14.4 Å². The normalized spacial score (nSPS) is 17.2. The smallest absolute Gasteiger partial charge is 0.267 e. The molecule has 0 radical (unpaired) electrons. The number of alkyl halides is 2. The second-order valence-electron chi connectivity index (χ2n) is 10.7. The summed E-state index contributed by atoms with van der Waals surface area (Å²) < 4.78 is 34.9. The van der Waals surface area contributed by atoms with Crippen molar-refractivity contribution in [3.8, 4) is 5.75 Å². The second kappa shape index (κ2) is 14.0. The Morgan fingerprint density at radius 2 is 1.67 bits per heavy atom. The second-order valence-corrected chi connectivity index (χ2v) is 11.1. The molecule has 43 heavy (non-hydrogen) atoms. The molecule has 11 heteroatoms. The van der Waals surface area contributed by atoms with Crippen molar-refractivity contribution in [3.63, 3.8) is 0 Å². The number of aliphatic hydroxyl groups excluding tert-OH is 1. The highest BCUT2D eigenvalue weighted by Crippen LogP contribution is 2.33. The Morgan fingerprint density at radius 1 is 1.02 bits per heavy atom. The van der Waals surface area contributed by atoms with Crippen molar-refractivity contribution >= 4 is 29.3 Å². The molecular formula is C32H34ClF2N3O5. The van der Waals surface area contributed by atoms with Gasteiger partial charge in [-0.05, 0) is 48.6 Å². The van der Waals surface area contributed by atoms with Crippen LogP contribution in [0.15, 0.2) is 72.8 Å². The zero-order chi connectivity index (χ0) is 31.1. The first-order chi connectivity index (χ1) is 20.4. The van der Waals surface area contributed by atoms with Crippen molar-refractivity contribution in [1.29, 1.82) is 0 Å². The van der Waals surface area contributed by atoms with E-state index in [9.17, 15) is 28.3 Å². The number of benzene rings is 3. The Kier molecular flexibility index (Phi) is 10.4. The standard InChI is InChI=1S/C32H34ClF2N3O5/c1-20-9-8-10-21(2)29(20)43-18-27(39)37-25(15-22-11-4-3-5-12-22)28(40)31(42)38-19-32(34,35)16-26(38)30(41)36-17-23-13-6-7-14-24(23)33/h3-14,25-26,28,40H,15-19H2,1-2H3,(H,36,41)(H,37,39)/t25-,26-,28-/m0/s1. The van der Waals surface area contributed by atoms with Gasteiger partial charge in [-0.2, -0.15) is 0 Å². The molecule has 3 N–H and O–H groups in total. The van der Waals surface area contributed by atoms with Gasteiger partial charge in [0.05, 0.1) is 12.6 Å². The predicted molar refractivity (Wildman–Crippen MR) is 158 cm³/mol. The van der Waals surface area contributed by atoms with Gasteiger partial charge in [0.25, 0.3) is 17.7 Å². The summed E-state index contributed by atoms with van der Waals surface area (Å²) in [7, 11) is 0. The summed E-state index contributed by atoms with van der Waals surface area (Å²) in [5.74, 6) is -5.32. The van der Waals surface area contributed by atoms with Gasteiger partial charge in [0.1, 0.15) is 11.8 Å². The fourth-order valence-electron chi connectivity index (χ4n) is 5.09. The number of amides is 3. The summed E-state index contributed by atoms with van der Waals surface area (Å²) in [4.78, 5) is 40.2. The number of aliphatic hydroxyl groups is 1. The average molecular weight is 614 g/mol. The number of carbonyl (C=O) groups is 3. The summed E-state index contributed by atoms with van der Waals surface area (Å²) in [6, 6.07) is 18.4. The minimum Gasteiger partial charge on any atom is -0.483 e. The monoisotopic (exact) mass is 613 g/mol. The van der Waals surface area contributed by atoms with Crippen molar-refractivity contribution in [3.05, 3.63) is 100 Å². The SMILES string of the molecule is Cc1cccc(C)c1OCC(=O)N[C@@H](Cc1ccccc1)[C@H](O)C(=O)N1CC(F)(F)C[C@H]1C(=O)NCc1ccccc1Cl. The quantitative estimate of drug-likeness (QED) is 0.303. The van der Waals surface area contributed by atoms with E-state index >= 15 is 0 Å². The Morgan fingerprint density at radius 3 is 2.35 bits per heavy atom. The lowest BCUT2D eigenvalue weighted by atomic mass is 9.99. The van der Waals surface area contributed by atoms with Gasteiger partial charge < -0.3 is 25.4 Å². The number of halogens is 3. The highest BCUT2D eigenvalue weighted by Gasteiger charge is 2.51. The highest BCUT2D eigenvalue weighted by atomic mass is 35.5. The van der Waals surface area contributed by atoms with Crippen LogP contribution < -0.4 is 15.4 Å². The minimum absolute atomic E-state index is 0.0243. The maximum Gasteiger partial charge on any atom is 0.267 e. The van der Waals surface area contributed by atoms with Crippen LogP contribution in [0.25, 0.3) is 0 Å². The van der Waals surface area contributed by atoms with E-state index in [0.717, 1.165) is 11.1 Å². The Balaban J connectivity index is 1.49. The van der Waals surface area contributed by atoms with E-state index < -0.39 is 61.4 Å². The van der Waals surface area contributed by atoms with Crippen molar-refractivity contribution in [1.82, 2.24) is 15.5 Å². The van der Waals surface area contributed by atoms with Crippen molar-refractivity contribution < 1.29 is 33.0 Å². The lowest BCUT2D eigenvalue weighted by Crippen LogP contribution is -2.56. The lowest BCUT2D eigenvalue weighted by Gasteiger charge is -2.30. The number of para-hydroxylation sites is 1. The fourth-order valence-corrected chi connectivity index (χ4v) is 5.29. The minimum atomic E-state index is -3.35. The highest BCUT2D eigenvalue weighted by molar-refractivity contribution is 6.31. The molecule has 1 aliphatic heterocycles. The third-order valence-electron chi connectivity index (χ3n) is 7.30. The van der Waals surface area contributed by atoms with Crippen LogP contribution in [-0.2, 0) is 27.3 Å². The van der Waals surface area contributed by atoms with Crippen LogP contribution in [0.4, 0.5) is 8.78 Å². The third-order valence-corrected chi connectivity index (χ3v) is 7.67. The zero-order valence-electron chi connectivity index (χ0n) is 23.9. The largest absolute Gasteiger partial charge is 0.483 e. The summed E-state index contributed by atoms with van der Waals surface area (Å²) in [5, 5.41) is 16.8. The first kappa shape index (κ1) is 31.9. The molecule has 0 unspecified atom stereocenters. The molecule has 1 heterocycles. The molecule has 1 saturated heterocycles. The molecule has 0 saturated carbocycles. The predicted octanol–water partition coefficient (Wildman–Crippen LogP) is 3.98. The van der Waals surface area contributed by atoms with Crippen LogP contribution in [0.3, 0.4) is 0 Å². The molecular weight excluding hydrogens is 580 g/mol. The van der Waals surface area contributed by atoms with Gasteiger partial charge in [-0.15, -0.1) is 0 Å². The Labute approximate surface area is 254 Å². The molecule has 8 nitrogen and oxygen atoms in total. The molecule has 4 rings (SSSR count). The van der Waals surface area contributed by atoms with E-state index in [0.29, 0.717) is 26.8 Å². The van der Waals surface area contributed by atoms with Crippen LogP contribution in [0.1, 0.15) is 28.7 Å². The summed E-state index contributed by atoms with van der Waals surface area (Å²) in [6.07, 6.45) is -2.80. The van der Waals surface area contributed by atoms with Crippen LogP contribution in [-0.4, -0.2) is 65.0 Å². The van der Waals surface area contributed by atoms with Gasteiger partial charge in [-0.1, -0.05) is 78.3 Å². The number of hydrogen-bond acceptors (Lipinski definition) is 5. The van der Waals surface area contributed by atoms with Gasteiger partial charge in [0, 0.05) is 18.0 Å². The number of likely N-dealkylation sites (tertiary alicyclic amines) is 1. The van der Waals surface area contributed by atoms with Gasteiger partial charge >= 0.3 is 0 Å². The summed E-state index contributed by atoms with van der Waals surface area (Å²) in [6.45, 7) is 2.21. The van der Waals surface area contributed by atoms with Gasteiger partial charge in [-0.25, -0.2) is 8.78 Å². The van der Waals surface area contributed by atoms with Crippen LogP contribution in [0.5, 0.6) is 5.75 Å². The van der Waals surface area contributed by atoms with Gasteiger partial charge in [0.2, 0.25) is 5.91 Å². The van der Waals surface area contributed by atoms with E-state index in [-0.39, 0.29) is 13.0 Å². The number of hydrogen-bond donors (Lipinski definition) is 3.